The Bertz CT molecular complexity index is 1180. The van der Waals surface area contributed by atoms with Crippen LogP contribution in [0.1, 0.15) is 59.8 Å². The van der Waals surface area contributed by atoms with E-state index in [4.69, 9.17) is 14.2 Å². The van der Waals surface area contributed by atoms with Gasteiger partial charge in [0.1, 0.15) is 6.61 Å². The van der Waals surface area contributed by atoms with E-state index in [2.05, 4.69) is 4.84 Å². The zero-order chi connectivity index (χ0) is 28.6. The summed E-state index contributed by atoms with van der Waals surface area (Å²) < 4.78 is 35.1. The Morgan fingerprint density at radius 2 is 1.97 bits per heavy atom. The normalized spacial score (nSPS) is 43.4. The molecule has 5 aliphatic rings. The maximum Gasteiger partial charge on any atom is 0.308 e. The third kappa shape index (κ3) is 3.81. The highest BCUT2D eigenvalue weighted by Gasteiger charge is 2.80. The fourth-order valence-electron chi connectivity index (χ4n) is 8.34. The molecule has 8 atom stereocenters. The molecule has 0 aromatic carbocycles. The number of aliphatic hydroxyl groups excluding tert-OH is 1. The second-order valence-electron chi connectivity index (χ2n) is 12.2. The summed E-state index contributed by atoms with van der Waals surface area (Å²) >= 11 is 0. The maximum atomic E-state index is 17.4. The van der Waals surface area contributed by atoms with Gasteiger partial charge >= 0.3 is 5.97 Å². The van der Waals surface area contributed by atoms with Crippen LogP contribution in [0.3, 0.4) is 0 Å². The summed E-state index contributed by atoms with van der Waals surface area (Å²) in [5.41, 5.74) is -5.28. The number of rotatable bonds is 7. The Hall–Kier alpha value is -2.70. The molecule has 0 radical (unpaired) electrons. The average Bonchev–Trinajstić information content (AvgIpc) is 3.24. The average molecular weight is 552 g/mol. The Morgan fingerprint density at radius 3 is 2.67 bits per heavy atom. The minimum Gasteiger partial charge on any atom is -0.457 e. The molecule has 5 rings (SSSR count). The van der Waals surface area contributed by atoms with Crippen molar-refractivity contribution in [1.82, 2.24) is 0 Å². The topological polar surface area (TPSA) is 152 Å². The van der Waals surface area contributed by atoms with Gasteiger partial charge in [0, 0.05) is 16.7 Å². The predicted molar refractivity (Wildman–Crippen MR) is 130 cm³/mol. The molecule has 0 bridgehead atoms. The van der Waals surface area contributed by atoms with E-state index >= 15 is 4.39 Å². The molecule has 11 nitrogen and oxygen atoms in total. The first-order chi connectivity index (χ1) is 18.1. The third-order valence-corrected chi connectivity index (χ3v) is 9.92. The van der Waals surface area contributed by atoms with Crippen molar-refractivity contribution in [3.05, 3.63) is 33.9 Å². The third-order valence-electron chi connectivity index (χ3n) is 9.92. The molecule has 3 saturated carbocycles. The number of fused-ring (bicyclic) bond motifs is 7. The number of Topliss-reactive ketones (excluding diaryl/α,β-unsaturated/α-hetero) is 1. The lowest BCUT2D eigenvalue weighted by molar-refractivity contribution is -0.757. The van der Waals surface area contributed by atoms with E-state index in [1.54, 1.807) is 26.8 Å². The van der Waals surface area contributed by atoms with Crippen molar-refractivity contribution in [3.63, 3.8) is 0 Å². The highest BCUT2D eigenvalue weighted by atomic mass is 19.1. The van der Waals surface area contributed by atoms with Gasteiger partial charge in [-0.05, 0) is 64.5 Å². The van der Waals surface area contributed by atoms with E-state index in [1.807, 2.05) is 6.92 Å². The van der Waals surface area contributed by atoms with Gasteiger partial charge in [0.2, 0.25) is 5.78 Å². The minimum atomic E-state index is -2.08. The number of allylic oxidation sites excluding steroid dienone is 4. The molecule has 0 spiro atoms. The molecule has 0 amide bonds. The Labute approximate surface area is 224 Å². The Balaban J connectivity index is 1.46. The Morgan fingerprint density at radius 1 is 1.26 bits per heavy atom. The number of carbonyl (C=O) groups excluding carboxylic acids is 3. The molecule has 1 unspecified atom stereocenters. The molecule has 0 aromatic rings. The summed E-state index contributed by atoms with van der Waals surface area (Å²) in [6.45, 7) is 5.68. The lowest BCUT2D eigenvalue weighted by Crippen LogP contribution is -2.70. The van der Waals surface area contributed by atoms with Gasteiger partial charge in [-0.3, -0.25) is 14.4 Å². The quantitative estimate of drug-likeness (QED) is 0.284. The number of carbonyl (C=O) groups is 3. The number of aliphatic hydroxyl groups is 1. The van der Waals surface area contributed by atoms with Crippen LogP contribution in [0.4, 0.5) is 4.39 Å². The molecule has 4 fully saturated rings. The molecule has 1 aliphatic heterocycles. The van der Waals surface area contributed by atoms with Gasteiger partial charge in [0.05, 0.1) is 18.6 Å². The van der Waals surface area contributed by atoms with Gasteiger partial charge < -0.3 is 24.2 Å². The zero-order valence-corrected chi connectivity index (χ0v) is 22.4. The summed E-state index contributed by atoms with van der Waals surface area (Å²) in [6, 6.07) is 0. The highest BCUT2D eigenvalue weighted by molar-refractivity contribution is 6.01. The number of ether oxygens (including phenoxy) is 3. The van der Waals surface area contributed by atoms with E-state index in [-0.39, 0.29) is 12.2 Å². The van der Waals surface area contributed by atoms with Crippen molar-refractivity contribution < 1.29 is 48.0 Å². The van der Waals surface area contributed by atoms with Crippen molar-refractivity contribution >= 4 is 17.5 Å². The van der Waals surface area contributed by atoms with Crippen molar-refractivity contribution in [1.29, 1.82) is 0 Å². The molecular formula is C27H34FNO10. The van der Waals surface area contributed by atoms with Crippen LogP contribution in [-0.4, -0.2) is 70.2 Å². The maximum absolute atomic E-state index is 17.4. The second-order valence-corrected chi connectivity index (χ2v) is 12.2. The fourth-order valence-corrected chi connectivity index (χ4v) is 8.34. The first-order valence-corrected chi connectivity index (χ1v) is 13.3. The van der Waals surface area contributed by atoms with Gasteiger partial charge in [0.25, 0.3) is 5.09 Å². The zero-order valence-electron chi connectivity index (χ0n) is 22.4. The van der Waals surface area contributed by atoms with Gasteiger partial charge in [-0.25, -0.2) is 4.39 Å². The SMILES string of the molecule is CC1(C)O[C@@H]2C[C@H]3C4CCC5=CC(=O)C=C[C@]5(C)[C@@]4(F)[C@@H](O)C[C@]3(C)[C@]2(C(=O)COC(=O)CCO[N+](=O)[O-])O1. The molecule has 12 heteroatoms. The molecule has 4 aliphatic carbocycles. The smallest absolute Gasteiger partial charge is 0.308 e. The lowest BCUT2D eigenvalue weighted by Gasteiger charge is -2.62. The van der Waals surface area contributed by atoms with Gasteiger partial charge in [-0.1, -0.05) is 18.6 Å². The van der Waals surface area contributed by atoms with Crippen molar-refractivity contribution in [2.75, 3.05) is 13.2 Å². The van der Waals surface area contributed by atoms with E-state index in [0.29, 0.717) is 24.8 Å². The summed E-state index contributed by atoms with van der Waals surface area (Å²) in [5.74, 6) is -3.86. The Kier molecular flexibility index (Phi) is 6.36. The van der Waals surface area contributed by atoms with Crippen molar-refractivity contribution in [3.8, 4) is 0 Å². The van der Waals surface area contributed by atoms with Gasteiger partial charge in [-0.2, -0.15) is 0 Å². The van der Waals surface area contributed by atoms with Crippen LogP contribution >= 0.6 is 0 Å². The largest absolute Gasteiger partial charge is 0.457 e. The predicted octanol–water partition coefficient (Wildman–Crippen LogP) is 2.57. The number of hydrogen-bond acceptors (Lipinski definition) is 10. The van der Waals surface area contributed by atoms with Crippen LogP contribution in [0.2, 0.25) is 0 Å². The molecule has 214 valence electrons. The first-order valence-electron chi connectivity index (χ1n) is 13.3. The van der Waals surface area contributed by atoms with Crippen LogP contribution in [0.25, 0.3) is 0 Å². The molecule has 1 N–H and O–H groups in total. The lowest BCUT2D eigenvalue weighted by atomic mass is 9.44. The van der Waals surface area contributed by atoms with E-state index in [1.165, 1.54) is 12.2 Å². The van der Waals surface area contributed by atoms with Crippen molar-refractivity contribution in [2.45, 2.75) is 89.1 Å². The van der Waals surface area contributed by atoms with Crippen LogP contribution in [0.15, 0.2) is 23.8 Å². The molecule has 0 aromatic heterocycles. The first kappa shape index (κ1) is 27.9. The van der Waals surface area contributed by atoms with Crippen LogP contribution in [-0.2, 0) is 33.4 Å². The highest BCUT2D eigenvalue weighted by Crippen LogP contribution is 2.72. The number of esters is 1. The summed E-state index contributed by atoms with van der Waals surface area (Å²) in [4.78, 5) is 52.5. The number of halogens is 1. The molecular weight excluding hydrogens is 517 g/mol. The minimum absolute atomic E-state index is 0.109. The molecule has 39 heavy (non-hydrogen) atoms. The van der Waals surface area contributed by atoms with Gasteiger partial charge in [-0.15, -0.1) is 10.1 Å². The van der Waals surface area contributed by atoms with Gasteiger partial charge in [0.15, 0.2) is 29.4 Å². The summed E-state index contributed by atoms with van der Waals surface area (Å²) in [6.07, 6.45) is 2.75. The van der Waals surface area contributed by atoms with Crippen LogP contribution < -0.4 is 0 Å². The number of nitrogens with zero attached hydrogens (tertiary/aromatic N) is 1. The fraction of sp³-hybridized carbons (Fsp3) is 0.741. The second kappa shape index (κ2) is 8.90. The number of alkyl halides is 1. The van der Waals surface area contributed by atoms with Crippen LogP contribution in [0, 0.1) is 32.8 Å². The standard InChI is InChI=1S/C27H34FNO10/c1-23(2)38-21-12-18-17-6-5-15-11-16(30)7-9-24(15,3)26(17,28)19(31)13-25(18,4)27(21,39-23)20(32)14-36-22(33)8-10-37-29(34)35/h7,9,11,17-19,21,31H,5-6,8,10,12-14H2,1-4H3/t17?,18-,19-,21+,24-,25-,26-,27+/m0/s1. The summed E-state index contributed by atoms with van der Waals surface area (Å²) in [7, 11) is 0. The van der Waals surface area contributed by atoms with Crippen LogP contribution in [0.5, 0.6) is 0 Å². The number of hydrogen-bond donors (Lipinski definition) is 1. The van der Waals surface area contributed by atoms with E-state index in [0.717, 1.165) is 0 Å². The van der Waals surface area contributed by atoms with E-state index in [9.17, 15) is 29.6 Å². The summed E-state index contributed by atoms with van der Waals surface area (Å²) in [5, 5.41) is 20.9. The molecule has 1 heterocycles. The van der Waals surface area contributed by atoms with Crippen molar-refractivity contribution in [2.24, 2.45) is 22.7 Å². The van der Waals surface area contributed by atoms with E-state index < -0.39 is 88.4 Å². The number of ketones is 2. The monoisotopic (exact) mass is 551 g/mol. The molecule has 1 saturated heterocycles.